The SMILES string of the molecule is CCCC1CC1N1C(=O)C(C)NC(=O)C1CC. The first-order valence-electron chi connectivity index (χ1n) is 6.72. The van der Waals surface area contributed by atoms with Crippen LogP contribution in [0.3, 0.4) is 0 Å². The van der Waals surface area contributed by atoms with E-state index in [2.05, 4.69) is 12.2 Å². The second-order valence-electron chi connectivity index (χ2n) is 5.25. The van der Waals surface area contributed by atoms with E-state index >= 15 is 0 Å². The van der Waals surface area contributed by atoms with E-state index in [1.54, 1.807) is 6.92 Å². The maximum atomic E-state index is 12.2. The molecule has 2 rings (SSSR count). The predicted octanol–water partition coefficient (Wildman–Crippen LogP) is 1.30. The largest absolute Gasteiger partial charge is 0.343 e. The Morgan fingerprint density at radius 2 is 2.06 bits per heavy atom. The quantitative estimate of drug-likeness (QED) is 0.802. The molecule has 96 valence electrons. The molecule has 17 heavy (non-hydrogen) atoms. The summed E-state index contributed by atoms with van der Waals surface area (Å²) in [5, 5.41) is 2.76. The second kappa shape index (κ2) is 4.67. The highest BCUT2D eigenvalue weighted by molar-refractivity contribution is 5.97. The summed E-state index contributed by atoms with van der Waals surface area (Å²) in [5.41, 5.74) is 0. The molecule has 1 heterocycles. The zero-order chi connectivity index (χ0) is 12.6. The number of hydrogen-bond acceptors (Lipinski definition) is 2. The van der Waals surface area contributed by atoms with E-state index in [1.807, 2.05) is 11.8 Å². The Labute approximate surface area is 103 Å². The van der Waals surface area contributed by atoms with Crippen LogP contribution in [-0.2, 0) is 9.59 Å². The lowest BCUT2D eigenvalue weighted by molar-refractivity contribution is -0.149. The zero-order valence-corrected chi connectivity index (χ0v) is 10.9. The number of carbonyl (C=O) groups excluding carboxylic acids is 2. The van der Waals surface area contributed by atoms with Crippen molar-refractivity contribution in [3.05, 3.63) is 0 Å². The molecular weight excluding hydrogens is 216 g/mol. The molecule has 1 saturated carbocycles. The first-order valence-corrected chi connectivity index (χ1v) is 6.72. The van der Waals surface area contributed by atoms with E-state index < -0.39 is 0 Å². The fourth-order valence-electron chi connectivity index (χ4n) is 2.90. The van der Waals surface area contributed by atoms with Gasteiger partial charge in [0.25, 0.3) is 0 Å². The van der Waals surface area contributed by atoms with E-state index in [0.29, 0.717) is 18.4 Å². The van der Waals surface area contributed by atoms with Gasteiger partial charge in [-0.15, -0.1) is 0 Å². The molecule has 2 aliphatic rings. The van der Waals surface area contributed by atoms with Gasteiger partial charge in [-0.3, -0.25) is 9.59 Å². The monoisotopic (exact) mass is 238 g/mol. The van der Waals surface area contributed by atoms with E-state index in [0.717, 1.165) is 12.8 Å². The van der Waals surface area contributed by atoms with Gasteiger partial charge in [0, 0.05) is 6.04 Å². The van der Waals surface area contributed by atoms with Crippen LogP contribution in [0.1, 0.15) is 46.5 Å². The van der Waals surface area contributed by atoms with Gasteiger partial charge in [0.2, 0.25) is 11.8 Å². The zero-order valence-electron chi connectivity index (χ0n) is 10.9. The van der Waals surface area contributed by atoms with Crippen LogP contribution in [0.5, 0.6) is 0 Å². The highest BCUT2D eigenvalue weighted by Gasteiger charge is 2.50. The Hall–Kier alpha value is -1.06. The predicted molar refractivity (Wildman–Crippen MR) is 65.3 cm³/mol. The van der Waals surface area contributed by atoms with Gasteiger partial charge in [-0.25, -0.2) is 0 Å². The Bertz CT molecular complexity index is 329. The lowest BCUT2D eigenvalue weighted by atomic mass is 10.0. The van der Waals surface area contributed by atoms with Gasteiger partial charge < -0.3 is 10.2 Å². The molecule has 0 radical (unpaired) electrons. The molecular formula is C13H22N2O2. The molecule has 0 bridgehead atoms. The van der Waals surface area contributed by atoms with Crippen LogP contribution in [0.15, 0.2) is 0 Å². The number of nitrogens with zero attached hydrogens (tertiary/aromatic N) is 1. The first kappa shape index (κ1) is 12.4. The van der Waals surface area contributed by atoms with Gasteiger partial charge in [0.15, 0.2) is 0 Å². The Balaban J connectivity index is 2.11. The number of carbonyl (C=O) groups is 2. The van der Waals surface area contributed by atoms with Crippen molar-refractivity contribution in [1.29, 1.82) is 0 Å². The average Bonchev–Trinajstić information content (AvgIpc) is 3.02. The number of amides is 2. The summed E-state index contributed by atoms with van der Waals surface area (Å²) in [7, 11) is 0. The summed E-state index contributed by atoms with van der Waals surface area (Å²) in [6.07, 6.45) is 4.11. The molecule has 0 aromatic rings. The van der Waals surface area contributed by atoms with Crippen LogP contribution >= 0.6 is 0 Å². The van der Waals surface area contributed by atoms with Gasteiger partial charge in [-0.1, -0.05) is 20.3 Å². The Morgan fingerprint density at radius 3 is 2.65 bits per heavy atom. The van der Waals surface area contributed by atoms with Crippen LogP contribution in [0.2, 0.25) is 0 Å². The third kappa shape index (κ3) is 2.17. The number of nitrogens with one attached hydrogen (secondary N) is 1. The number of rotatable bonds is 4. The molecule has 4 nitrogen and oxygen atoms in total. The smallest absolute Gasteiger partial charge is 0.245 e. The summed E-state index contributed by atoms with van der Waals surface area (Å²) >= 11 is 0. The standard InChI is InChI=1S/C13H22N2O2/c1-4-6-9-7-11(9)15-10(5-2)12(16)14-8(3)13(15)17/h8-11H,4-7H2,1-3H3,(H,14,16). The van der Waals surface area contributed by atoms with Crippen LogP contribution in [-0.4, -0.2) is 34.8 Å². The van der Waals surface area contributed by atoms with Gasteiger partial charge in [0.05, 0.1) is 0 Å². The third-order valence-corrected chi connectivity index (χ3v) is 3.91. The van der Waals surface area contributed by atoms with Crippen molar-refractivity contribution >= 4 is 11.8 Å². The Kier molecular flexibility index (Phi) is 3.40. The lowest BCUT2D eigenvalue weighted by Gasteiger charge is -2.38. The van der Waals surface area contributed by atoms with E-state index in [4.69, 9.17) is 0 Å². The van der Waals surface area contributed by atoms with Crippen molar-refractivity contribution < 1.29 is 9.59 Å². The summed E-state index contributed by atoms with van der Waals surface area (Å²) in [5.74, 6) is 0.734. The second-order valence-corrected chi connectivity index (χ2v) is 5.25. The van der Waals surface area contributed by atoms with Crippen molar-refractivity contribution in [2.45, 2.75) is 64.6 Å². The molecule has 2 fully saturated rings. The lowest BCUT2D eigenvalue weighted by Crippen LogP contribution is -2.63. The van der Waals surface area contributed by atoms with E-state index in [1.165, 1.54) is 6.42 Å². The molecule has 0 aromatic heterocycles. The molecule has 0 spiro atoms. The Morgan fingerprint density at radius 1 is 1.35 bits per heavy atom. The van der Waals surface area contributed by atoms with Crippen molar-refractivity contribution in [1.82, 2.24) is 10.2 Å². The maximum absolute atomic E-state index is 12.2. The molecule has 1 saturated heterocycles. The maximum Gasteiger partial charge on any atom is 0.245 e. The van der Waals surface area contributed by atoms with Gasteiger partial charge in [0.1, 0.15) is 12.1 Å². The summed E-state index contributed by atoms with van der Waals surface area (Å²) in [6, 6.07) is -0.278. The first-order chi connectivity index (χ1) is 8.10. The molecule has 4 heteroatoms. The van der Waals surface area contributed by atoms with Crippen molar-refractivity contribution in [2.75, 3.05) is 0 Å². The third-order valence-electron chi connectivity index (χ3n) is 3.91. The van der Waals surface area contributed by atoms with Crippen molar-refractivity contribution in [2.24, 2.45) is 5.92 Å². The molecule has 4 atom stereocenters. The molecule has 4 unspecified atom stereocenters. The van der Waals surface area contributed by atoms with Crippen LogP contribution in [0.4, 0.5) is 0 Å². The number of hydrogen-bond donors (Lipinski definition) is 1. The fraction of sp³-hybridized carbons (Fsp3) is 0.846. The van der Waals surface area contributed by atoms with Crippen molar-refractivity contribution in [3.8, 4) is 0 Å². The van der Waals surface area contributed by atoms with Gasteiger partial charge in [-0.2, -0.15) is 0 Å². The van der Waals surface area contributed by atoms with Crippen LogP contribution in [0, 0.1) is 5.92 Å². The number of piperazine rings is 1. The summed E-state index contributed by atoms with van der Waals surface area (Å²) in [4.78, 5) is 25.9. The molecule has 0 aromatic carbocycles. The van der Waals surface area contributed by atoms with Crippen LogP contribution < -0.4 is 5.32 Å². The summed E-state index contributed by atoms with van der Waals surface area (Å²) < 4.78 is 0. The van der Waals surface area contributed by atoms with Gasteiger partial charge in [-0.05, 0) is 32.1 Å². The van der Waals surface area contributed by atoms with E-state index in [-0.39, 0.29) is 23.9 Å². The minimum atomic E-state index is -0.354. The highest BCUT2D eigenvalue weighted by Crippen LogP contribution is 2.41. The van der Waals surface area contributed by atoms with Crippen molar-refractivity contribution in [3.63, 3.8) is 0 Å². The van der Waals surface area contributed by atoms with Crippen LogP contribution in [0.25, 0.3) is 0 Å². The topological polar surface area (TPSA) is 49.4 Å². The normalized spacial score (nSPS) is 37.0. The molecule has 2 amide bonds. The molecule has 1 aliphatic carbocycles. The highest BCUT2D eigenvalue weighted by atomic mass is 16.2. The van der Waals surface area contributed by atoms with Gasteiger partial charge >= 0.3 is 0 Å². The summed E-state index contributed by atoms with van der Waals surface area (Å²) in [6.45, 7) is 5.91. The minimum absolute atomic E-state index is 0.0155. The molecule has 1 aliphatic heterocycles. The average molecular weight is 238 g/mol. The van der Waals surface area contributed by atoms with E-state index in [9.17, 15) is 9.59 Å². The minimum Gasteiger partial charge on any atom is -0.343 e. The molecule has 1 N–H and O–H groups in total. The fourth-order valence-corrected chi connectivity index (χ4v) is 2.90.